The quantitative estimate of drug-likeness (QED) is 0.774. The van der Waals surface area contributed by atoms with E-state index in [1.165, 1.54) is 0 Å². The molecular weight excluding hydrogens is 256 g/mol. The van der Waals surface area contributed by atoms with E-state index in [2.05, 4.69) is 38.1 Å². The van der Waals surface area contributed by atoms with Crippen LogP contribution < -0.4 is 0 Å². The van der Waals surface area contributed by atoms with E-state index in [1.54, 1.807) is 0 Å². The average Bonchev–Trinajstić information content (AvgIpc) is 2.49. The molecule has 0 radical (unpaired) electrons. The zero-order chi connectivity index (χ0) is 14.9. The number of hydrogen-bond acceptors (Lipinski definition) is 1. The van der Waals surface area contributed by atoms with E-state index in [1.807, 2.05) is 36.4 Å². The Labute approximate surface area is 127 Å². The summed E-state index contributed by atoms with van der Waals surface area (Å²) >= 11 is 0. The SMILES string of the molecule is CC1(C)CCCC(=O)C1(c1ccccc1)c1ccccc1. The van der Waals surface area contributed by atoms with E-state index in [-0.39, 0.29) is 5.41 Å². The summed E-state index contributed by atoms with van der Waals surface area (Å²) in [6.07, 6.45) is 2.74. The average molecular weight is 278 g/mol. The Bertz CT molecular complexity index is 586. The number of hydrogen-bond donors (Lipinski definition) is 0. The second-order valence-corrected chi connectivity index (χ2v) is 6.64. The van der Waals surface area contributed by atoms with Crippen LogP contribution in [0, 0.1) is 5.41 Å². The molecule has 0 saturated heterocycles. The number of carbonyl (C=O) groups is 1. The van der Waals surface area contributed by atoms with Gasteiger partial charge in [0.05, 0.1) is 5.41 Å². The zero-order valence-electron chi connectivity index (χ0n) is 12.8. The van der Waals surface area contributed by atoms with Crippen LogP contribution in [0.4, 0.5) is 0 Å². The summed E-state index contributed by atoms with van der Waals surface area (Å²) < 4.78 is 0. The van der Waals surface area contributed by atoms with Crippen LogP contribution >= 0.6 is 0 Å². The van der Waals surface area contributed by atoms with Crippen LogP contribution in [0.1, 0.15) is 44.2 Å². The maximum atomic E-state index is 13.1. The van der Waals surface area contributed by atoms with Gasteiger partial charge in [-0.15, -0.1) is 0 Å². The van der Waals surface area contributed by atoms with Crippen molar-refractivity contribution in [3.05, 3.63) is 71.8 Å². The van der Waals surface area contributed by atoms with Gasteiger partial charge in [-0.1, -0.05) is 74.5 Å². The Kier molecular flexibility index (Phi) is 3.44. The first-order valence-electron chi connectivity index (χ1n) is 7.73. The molecule has 1 aliphatic carbocycles. The van der Waals surface area contributed by atoms with Crippen molar-refractivity contribution in [3.63, 3.8) is 0 Å². The van der Waals surface area contributed by atoms with Gasteiger partial charge >= 0.3 is 0 Å². The third kappa shape index (κ3) is 2.03. The van der Waals surface area contributed by atoms with Crippen molar-refractivity contribution in [2.45, 2.75) is 38.5 Å². The number of Topliss-reactive ketones (excluding diaryl/α,β-unsaturated/α-hetero) is 1. The highest BCUT2D eigenvalue weighted by Gasteiger charge is 2.54. The molecule has 2 aromatic carbocycles. The van der Waals surface area contributed by atoms with E-state index in [0.717, 1.165) is 24.0 Å². The molecule has 0 heterocycles. The molecule has 0 N–H and O–H groups in total. The minimum Gasteiger partial charge on any atom is -0.298 e. The molecule has 0 unspecified atom stereocenters. The number of benzene rings is 2. The van der Waals surface area contributed by atoms with Crippen molar-refractivity contribution in [1.29, 1.82) is 0 Å². The molecule has 21 heavy (non-hydrogen) atoms. The molecule has 1 heteroatoms. The van der Waals surface area contributed by atoms with E-state index in [4.69, 9.17) is 0 Å². The fourth-order valence-corrected chi connectivity index (χ4v) is 4.09. The molecule has 1 nitrogen and oxygen atoms in total. The third-order valence-electron chi connectivity index (χ3n) is 5.05. The lowest BCUT2D eigenvalue weighted by Crippen LogP contribution is -2.52. The second kappa shape index (κ2) is 5.14. The third-order valence-corrected chi connectivity index (χ3v) is 5.05. The molecule has 1 saturated carbocycles. The van der Waals surface area contributed by atoms with Crippen LogP contribution in [0.5, 0.6) is 0 Å². The van der Waals surface area contributed by atoms with Gasteiger partial charge in [0.15, 0.2) is 0 Å². The lowest BCUT2D eigenvalue weighted by Gasteiger charge is -2.49. The second-order valence-electron chi connectivity index (χ2n) is 6.64. The van der Waals surface area contributed by atoms with Gasteiger partial charge in [0.1, 0.15) is 5.78 Å². The van der Waals surface area contributed by atoms with Gasteiger partial charge in [0.25, 0.3) is 0 Å². The zero-order valence-corrected chi connectivity index (χ0v) is 12.8. The van der Waals surface area contributed by atoms with Gasteiger partial charge in [-0.3, -0.25) is 4.79 Å². The van der Waals surface area contributed by atoms with Crippen LogP contribution in [-0.4, -0.2) is 5.78 Å². The number of ketones is 1. The van der Waals surface area contributed by atoms with E-state index in [0.29, 0.717) is 12.2 Å². The highest BCUT2D eigenvalue weighted by atomic mass is 16.1. The predicted octanol–water partition coefficient (Wildman–Crippen LogP) is 4.75. The maximum absolute atomic E-state index is 13.1. The minimum atomic E-state index is -0.520. The van der Waals surface area contributed by atoms with Gasteiger partial charge in [-0.25, -0.2) is 0 Å². The molecule has 3 rings (SSSR count). The molecule has 1 fully saturated rings. The molecule has 0 amide bonds. The van der Waals surface area contributed by atoms with E-state index < -0.39 is 5.41 Å². The molecular formula is C20H22O. The first-order valence-corrected chi connectivity index (χ1v) is 7.73. The summed E-state index contributed by atoms with van der Waals surface area (Å²) in [5, 5.41) is 0. The summed E-state index contributed by atoms with van der Waals surface area (Å²) in [5.74, 6) is 0.358. The first kappa shape index (κ1) is 14.1. The largest absolute Gasteiger partial charge is 0.298 e. The minimum absolute atomic E-state index is 0.0783. The van der Waals surface area contributed by atoms with Gasteiger partial charge in [0, 0.05) is 6.42 Å². The van der Waals surface area contributed by atoms with Crippen LogP contribution in [-0.2, 0) is 10.2 Å². The maximum Gasteiger partial charge on any atom is 0.148 e. The van der Waals surface area contributed by atoms with Crippen molar-refractivity contribution in [2.24, 2.45) is 5.41 Å². The summed E-state index contributed by atoms with van der Waals surface area (Å²) in [4.78, 5) is 13.1. The molecule has 0 atom stereocenters. The fourth-order valence-electron chi connectivity index (χ4n) is 4.09. The molecule has 0 aromatic heterocycles. The van der Waals surface area contributed by atoms with Crippen molar-refractivity contribution in [2.75, 3.05) is 0 Å². The van der Waals surface area contributed by atoms with Crippen molar-refractivity contribution in [3.8, 4) is 0 Å². The summed E-state index contributed by atoms with van der Waals surface area (Å²) in [7, 11) is 0. The predicted molar refractivity (Wildman–Crippen MR) is 86.3 cm³/mol. The number of rotatable bonds is 2. The standard InChI is InChI=1S/C20H22O/c1-19(2)15-9-14-18(21)20(19,16-10-5-3-6-11-16)17-12-7-4-8-13-17/h3-8,10-13H,9,14-15H2,1-2H3. The summed E-state index contributed by atoms with van der Waals surface area (Å²) in [5.41, 5.74) is 1.66. The molecule has 0 aliphatic heterocycles. The Morgan fingerprint density at radius 2 is 1.29 bits per heavy atom. The summed E-state index contributed by atoms with van der Waals surface area (Å²) in [6.45, 7) is 4.48. The molecule has 0 spiro atoms. The molecule has 2 aromatic rings. The van der Waals surface area contributed by atoms with Crippen LogP contribution in [0.25, 0.3) is 0 Å². The first-order chi connectivity index (χ1) is 10.1. The lowest BCUT2D eigenvalue weighted by atomic mass is 9.51. The van der Waals surface area contributed by atoms with E-state index >= 15 is 0 Å². The van der Waals surface area contributed by atoms with Crippen LogP contribution in [0.15, 0.2) is 60.7 Å². The molecule has 0 bridgehead atoms. The molecule has 1 aliphatic rings. The van der Waals surface area contributed by atoms with E-state index in [9.17, 15) is 4.79 Å². The van der Waals surface area contributed by atoms with Gasteiger partial charge in [-0.05, 0) is 29.4 Å². The smallest absolute Gasteiger partial charge is 0.148 e. The number of carbonyl (C=O) groups excluding carboxylic acids is 1. The Hall–Kier alpha value is -1.89. The van der Waals surface area contributed by atoms with Gasteiger partial charge in [0.2, 0.25) is 0 Å². The highest BCUT2D eigenvalue weighted by molar-refractivity contribution is 5.95. The van der Waals surface area contributed by atoms with Crippen molar-refractivity contribution >= 4 is 5.78 Å². The lowest BCUT2D eigenvalue weighted by molar-refractivity contribution is -0.130. The fraction of sp³-hybridized carbons (Fsp3) is 0.350. The van der Waals surface area contributed by atoms with Gasteiger partial charge < -0.3 is 0 Å². The van der Waals surface area contributed by atoms with Crippen LogP contribution in [0.3, 0.4) is 0 Å². The monoisotopic (exact) mass is 278 g/mol. The van der Waals surface area contributed by atoms with Crippen molar-refractivity contribution < 1.29 is 4.79 Å². The Morgan fingerprint density at radius 1 is 0.810 bits per heavy atom. The Morgan fingerprint density at radius 3 is 1.71 bits per heavy atom. The van der Waals surface area contributed by atoms with Gasteiger partial charge in [-0.2, -0.15) is 0 Å². The molecule has 108 valence electrons. The Balaban J connectivity index is 2.32. The highest BCUT2D eigenvalue weighted by Crippen LogP contribution is 2.53. The van der Waals surface area contributed by atoms with Crippen LogP contribution in [0.2, 0.25) is 0 Å². The normalized spacial score (nSPS) is 20.2. The summed E-state index contributed by atoms with van der Waals surface area (Å²) in [6, 6.07) is 20.6. The topological polar surface area (TPSA) is 17.1 Å². The van der Waals surface area contributed by atoms with Crippen molar-refractivity contribution in [1.82, 2.24) is 0 Å².